The van der Waals surface area contributed by atoms with Crippen LogP contribution in [0.4, 0.5) is 6.01 Å². The topological polar surface area (TPSA) is 91.5 Å². The Morgan fingerprint density at radius 3 is 2.60 bits per heavy atom. The number of hydrogen-bond donors (Lipinski definition) is 1. The number of hydrogen-bond acceptors (Lipinski definition) is 8. The van der Waals surface area contributed by atoms with Crippen molar-refractivity contribution in [3.8, 4) is 28.8 Å². The van der Waals surface area contributed by atoms with Crippen LogP contribution in [0.2, 0.25) is 0 Å². The van der Waals surface area contributed by atoms with Gasteiger partial charge in [0.15, 0.2) is 11.5 Å². The second kappa shape index (κ2) is 7.52. The van der Waals surface area contributed by atoms with E-state index in [9.17, 15) is 0 Å². The van der Waals surface area contributed by atoms with E-state index >= 15 is 0 Å². The average molecular weight is 342 g/mol. The van der Waals surface area contributed by atoms with Gasteiger partial charge in [0.2, 0.25) is 11.7 Å². The quantitative estimate of drug-likeness (QED) is 0.701. The highest BCUT2D eigenvalue weighted by Gasteiger charge is 2.12. The van der Waals surface area contributed by atoms with Gasteiger partial charge in [-0.25, -0.2) is 4.98 Å². The molecule has 0 saturated heterocycles. The SMILES string of the molecule is COc1cc(CNc2nc(-c3ccc(OC)c(OC)c3)no2)ccn1. The zero-order valence-corrected chi connectivity index (χ0v) is 14.1. The van der Waals surface area contributed by atoms with E-state index in [1.54, 1.807) is 39.7 Å². The minimum Gasteiger partial charge on any atom is -0.493 e. The summed E-state index contributed by atoms with van der Waals surface area (Å²) in [6.07, 6.45) is 1.68. The standard InChI is InChI=1S/C17H18N4O4/c1-22-13-5-4-12(9-14(13)23-2)16-20-17(25-21-16)19-10-11-6-7-18-15(8-11)24-3/h4-9H,10H2,1-3H3,(H,19,20,21). The van der Waals surface area contributed by atoms with Crippen LogP contribution in [0.15, 0.2) is 41.1 Å². The molecule has 2 heterocycles. The summed E-state index contributed by atoms with van der Waals surface area (Å²) < 4.78 is 20.8. The Morgan fingerprint density at radius 1 is 1.00 bits per heavy atom. The number of nitrogens with zero attached hydrogens (tertiary/aromatic N) is 3. The van der Waals surface area contributed by atoms with Crippen LogP contribution in [-0.4, -0.2) is 36.5 Å². The Hall–Kier alpha value is -3.29. The normalized spacial score (nSPS) is 10.4. The maximum absolute atomic E-state index is 5.29. The number of methoxy groups -OCH3 is 3. The van der Waals surface area contributed by atoms with E-state index in [2.05, 4.69) is 20.4 Å². The lowest BCUT2D eigenvalue weighted by Gasteiger charge is -2.07. The highest BCUT2D eigenvalue weighted by Crippen LogP contribution is 2.31. The van der Waals surface area contributed by atoms with Gasteiger partial charge in [-0.1, -0.05) is 5.16 Å². The molecular formula is C17H18N4O4. The van der Waals surface area contributed by atoms with Crippen LogP contribution in [0.25, 0.3) is 11.4 Å². The molecule has 0 aliphatic carbocycles. The van der Waals surface area contributed by atoms with E-state index in [1.165, 1.54) is 0 Å². The molecule has 130 valence electrons. The third-order valence-electron chi connectivity index (χ3n) is 3.52. The lowest BCUT2D eigenvalue weighted by atomic mass is 10.2. The van der Waals surface area contributed by atoms with Gasteiger partial charge in [0.05, 0.1) is 21.3 Å². The molecule has 3 rings (SSSR count). The summed E-state index contributed by atoms with van der Waals surface area (Å²) in [5.41, 5.74) is 1.75. The van der Waals surface area contributed by atoms with Crippen LogP contribution in [0.5, 0.6) is 17.4 Å². The average Bonchev–Trinajstić information content (AvgIpc) is 3.15. The molecular weight excluding hydrogens is 324 g/mol. The third kappa shape index (κ3) is 3.79. The van der Waals surface area contributed by atoms with Gasteiger partial charge in [-0.3, -0.25) is 0 Å². The smallest absolute Gasteiger partial charge is 0.322 e. The Bertz CT molecular complexity index is 850. The number of ether oxygens (including phenoxy) is 3. The Labute approximate surface area is 144 Å². The van der Waals surface area contributed by atoms with Gasteiger partial charge in [-0.05, 0) is 29.8 Å². The summed E-state index contributed by atoms with van der Waals surface area (Å²) in [5, 5.41) is 7.06. The molecule has 2 aromatic heterocycles. The monoisotopic (exact) mass is 342 g/mol. The van der Waals surface area contributed by atoms with E-state index in [4.69, 9.17) is 18.7 Å². The summed E-state index contributed by atoms with van der Waals surface area (Å²) >= 11 is 0. The molecule has 25 heavy (non-hydrogen) atoms. The van der Waals surface area contributed by atoms with Crippen molar-refractivity contribution < 1.29 is 18.7 Å². The molecule has 1 N–H and O–H groups in total. The third-order valence-corrected chi connectivity index (χ3v) is 3.52. The van der Waals surface area contributed by atoms with Crippen molar-refractivity contribution in [2.45, 2.75) is 6.54 Å². The molecule has 0 fully saturated rings. The number of nitrogens with one attached hydrogen (secondary N) is 1. The van der Waals surface area contributed by atoms with Gasteiger partial charge < -0.3 is 24.1 Å². The van der Waals surface area contributed by atoms with E-state index in [1.807, 2.05) is 18.2 Å². The summed E-state index contributed by atoms with van der Waals surface area (Å²) in [6.45, 7) is 0.506. The largest absolute Gasteiger partial charge is 0.493 e. The molecule has 0 aliphatic heterocycles. The molecule has 0 bridgehead atoms. The van der Waals surface area contributed by atoms with Crippen molar-refractivity contribution in [2.24, 2.45) is 0 Å². The predicted molar refractivity (Wildman–Crippen MR) is 91.0 cm³/mol. The van der Waals surface area contributed by atoms with Crippen molar-refractivity contribution in [2.75, 3.05) is 26.6 Å². The van der Waals surface area contributed by atoms with Gasteiger partial charge in [-0.2, -0.15) is 4.98 Å². The first-order valence-electron chi connectivity index (χ1n) is 7.52. The van der Waals surface area contributed by atoms with Crippen LogP contribution in [0, 0.1) is 0 Å². The number of benzene rings is 1. The van der Waals surface area contributed by atoms with Crippen molar-refractivity contribution in [1.82, 2.24) is 15.1 Å². The van der Waals surface area contributed by atoms with Gasteiger partial charge in [0, 0.05) is 24.4 Å². The lowest BCUT2D eigenvalue weighted by molar-refractivity contribution is 0.355. The van der Waals surface area contributed by atoms with Gasteiger partial charge >= 0.3 is 6.01 Å². The molecule has 0 aliphatic rings. The van der Waals surface area contributed by atoms with Crippen LogP contribution in [0.1, 0.15) is 5.56 Å². The van der Waals surface area contributed by atoms with Gasteiger partial charge in [0.1, 0.15) is 0 Å². The highest BCUT2D eigenvalue weighted by molar-refractivity contribution is 5.61. The van der Waals surface area contributed by atoms with E-state index in [0.717, 1.165) is 11.1 Å². The van der Waals surface area contributed by atoms with E-state index in [-0.39, 0.29) is 0 Å². The van der Waals surface area contributed by atoms with Crippen molar-refractivity contribution >= 4 is 6.01 Å². The fourth-order valence-electron chi connectivity index (χ4n) is 2.24. The van der Waals surface area contributed by atoms with Crippen LogP contribution < -0.4 is 19.5 Å². The fraction of sp³-hybridized carbons (Fsp3) is 0.235. The van der Waals surface area contributed by atoms with Gasteiger partial charge in [0.25, 0.3) is 0 Å². The molecule has 8 heteroatoms. The second-order valence-electron chi connectivity index (χ2n) is 5.05. The summed E-state index contributed by atoms with van der Waals surface area (Å²) in [5.74, 6) is 2.24. The molecule has 0 unspecified atom stereocenters. The van der Waals surface area contributed by atoms with Crippen molar-refractivity contribution in [1.29, 1.82) is 0 Å². The zero-order valence-electron chi connectivity index (χ0n) is 14.1. The molecule has 0 amide bonds. The van der Waals surface area contributed by atoms with Crippen molar-refractivity contribution in [3.05, 3.63) is 42.1 Å². The molecule has 3 aromatic rings. The summed E-state index contributed by atoms with van der Waals surface area (Å²) in [4.78, 5) is 8.40. The maximum atomic E-state index is 5.29. The Morgan fingerprint density at radius 2 is 1.84 bits per heavy atom. The predicted octanol–water partition coefficient (Wildman–Crippen LogP) is 2.77. The second-order valence-corrected chi connectivity index (χ2v) is 5.05. The van der Waals surface area contributed by atoms with Crippen LogP contribution >= 0.6 is 0 Å². The zero-order chi connectivity index (χ0) is 17.6. The fourth-order valence-corrected chi connectivity index (χ4v) is 2.24. The molecule has 1 aromatic carbocycles. The number of rotatable bonds is 7. The molecule has 0 spiro atoms. The van der Waals surface area contributed by atoms with E-state index in [0.29, 0.717) is 35.8 Å². The molecule has 0 radical (unpaired) electrons. The molecule has 0 saturated carbocycles. The Balaban J connectivity index is 1.72. The van der Waals surface area contributed by atoms with Crippen LogP contribution in [-0.2, 0) is 6.54 Å². The first-order valence-corrected chi connectivity index (χ1v) is 7.52. The van der Waals surface area contributed by atoms with Gasteiger partial charge in [-0.15, -0.1) is 0 Å². The number of pyridine rings is 1. The highest BCUT2D eigenvalue weighted by atomic mass is 16.5. The van der Waals surface area contributed by atoms with E-state index < -0.39 is 0 Å². The van der Waals surface area contributed by atoms with Crippen molar-refractivity contribution in [3.63, 3.8) is 0 Å². The molecule has 8 nitrogen and oxygen atoms in total. The lowest BCUT2D eigenvalue weighted by Crippen LogP contribution is -2.00. The molecule has 0 atom stereocenters. The minimum atomic E-state index is 0.320. The summed E-state index contributed by atoms with van der Waals surface area (Å²) in [7, 11) is 4.74. The first kappa shape index (κ1) is 16.6. The minimum absolute atomic E-state index is 0.320. The summed E-state index contributed by atoms with van der Waals surface area (Å²) in [6, 6.07) is 9.45. The first-order chi connectivity index (χ1) is 12.2. The number of aromatic nitrogens is 3. The Kier molecular flexibility index (Phi) is 4.98. The van der Waals surface area contributed by atoms with Crippen LogP contribution in [0.3, 0.4) is 0 Å². The maximum Gasteiger partial charge on any atom is 0.322 e. The number of anilines is 1.